The molecule has 2 saturated heterocycles. The lowest BCUT2D eigenvalue weighted by atomic mass is 9.92. The van der Waals surface area contributed by atoms with Gasteiger partial charge in [0.05, 0.1) is 0 Å². The number of unbranched alkanes of at least 4 members (excludes halogenated alkanes) is 1. The van der Waals surface area contributed by atoms with Crippen molar-refractivity contribution in [3.63, 3.8) is 0 Å². The molecule has 0 aromatic heterocycles. The van der Waals surface area contributed by atoms with Crippen molar-refractivity contribution in [1.82, 2.24) is 15.1 Å². The highest BCUT2D eigenvalue weighted by molar-refractivity contribution is 14.0. The lowest BCUT2D eigenvalue weighted by Crippen LogP contribution is -2.46. The summed E-state index contributed by atoms with van der Waals surface area (Å²) in [7, 11) is 1.91. The molecule has 1 N–H and O–H groups in total. The van der Waals surface area contributed by atoms with Gasteiger partial charge in [-0.2, -0.15) is 0 Å². The van der Waals surface area contributed by atoms with Crippen LogP contribution in [0.15, 0.2) is 4.99 Å². The predicted molar refractivity (Wildman–Crippen MR) is 115 cm³/mol. The third kappa shape index (κ3) is 7.46. The summed E-state index contributed by atoms with van der Waals surface area (Å²) in [6, 6.07) is 0. The normalized spacial score (nSPS) is 29.2. The standard InChI is InChI=1S/C19H38N4.HI/c1-16-8-7-11-23(15-16)19(20-4)21-9-5-6-10-22-13-17(2)12-18(3)14-22;/h16-18H,5-15H2,1-4H3,(H,20,21);1H. The molecular weight excluding hydrogens is 411 g/mol. The molecule has 2 aliphatic rings. The molecule has 3 atom stereocenters. The van der Waals surface area contributed by atoms with Crippen molar-refractivity contribution in [2.75, 3.05) is 46.3 Å². The summed E-state index contributed by atoms with van der Waals surface area (Å²) in [5, 5.41) is 3.57. The average molecular weight is 450 g/mol. The first-order chi connectivity index (χ1) is 11.1. The van der Waals surface area contributed by atoms with Crippen LogP contribution in [0.3, 0.4) is 0 Å². The zero-order valence-corrected chi connectivity index (χ0v) is 18.6. The molecule has 0 spiro atoms. The van der Waals surface area contributed by atoms with Crippen LogP contribution in [0.25, 0.3) is 0 Å². The van der Waals surface area contributed by atoms with E-state index in [4.69, 9.17) is 0 Å². The maximum Gasteiger partial charge on any atom is 0.193 e. The Hall–Kier alpha value is -0.0400. The minimum absolute atomic E-state index is 0. The van der Waals surface area contributed by atoms with Gasteiger partial charge in [-0.1, -0.05) is 20.8 Å². The Balaban J connectivity index is 0.00000288. The van der Waals surface area contributed by atoms with Gasteiger partial charge in [0.2, 0.25) is 0 Å². The Morgan fingerprint density at radius 1 is 1.04 bits per heavy atom. The first-order valence-corrected chi connectivity index (χ1v) is 9.76. The molecule has 0 aromatic rings. The van der Waals surface area contributed by atoms with Gasteiger partial charge in [0.15, 0.2) is 5.96 Å². The fraction of sp³-hybridized carbons (Fsp3) is 0.947. The van der Waals surface area contributed by atoms with E-state index in [0.29, 0.717) is 0 Å². The molecule has 0 radical (unpaired) electrons. The van der Waals surface area contributed by atoms with Crippen LogP contribution in [0.5, 0.6) is 0 Å². The summed E-state index contributed by atoms with van der Waals surface area (Å²) in [6.45, 7) is 14.4. The number of hydrogen-bond acceptors (Lipinski definition) is 2. The smallest absolute Gasteiger partial charge is 0.193 e. The summed E-state index contributed by atoms with van der Waals surface area (Å²) in [6.07, 6.45) is 6.59. The van der Waals surface area contributed by atoms with Crippen LogP contribution in [0, 0.1) is 17.8 Å². The number of halogens is 1. The molecule has 2 fully saturated rings. The second-order valence-corrected chi connectivity index (χ2v) is 8.08. The van der Waals surface area contributed by atoms with E-state index < -0.39 is 0 Å². The molecule has 0 amide bonds. The lowest BCUT2D eigenvalue weighted by Gasteiger charge is -2.35. The number of piperidine rings is 2. The van der Waals surface area contributed by atoms with Gasteiger partial charge < -0.3 is 15.1 Å². The van der Waals surface area contributed by atoms with Crippen LogP contribution in [0.2, 0.25) is 0 Å². The quantitative estimate of drug-likeness (QED) is 0.300. The van der Waals surface area contributed by atoms with Crippen LogP contribution in [0.1, 0.15) is 52.9 Å². The average Bonchev–Trinajstić information content (AvgIpc) is 2.50. The molecule has 2 aliphatic heterocycles. The first-order valence-electron chi connectivity index (χ1n) is 9.76. The van der Waals surface area contributed by atoms with E-state index in [9.17, 15) is 0 Å². The van der Waals surface area contributed by atoms with E-state index in [1.165, 1.54) is 51.7 Å². The van der Waals surface area contributed by atoms with Crippen LogP contribution < -0.4 is 5.32 Å². The molecule has 5 heteroatoms. The Morgan fingerprint density at radius 3 is 2.38 bits per heavy atom. The van der Waals surface area contributed by atoms with Gasteiger partial charge in [0.1, 0.15) is 0 Å². The van der Waals surface area contributed by atoms with Gasteiger partial charge in [0.25, 0.3) is 0 Å². The summed E-state index contributed by atoms with van der Waals surface area (Å²) in [5.74, 6) is 3.65. The van der Waals surface area contributed by atoms with Gasteiger partial charge >= 0.3 is 0 Å². The van der Waals surface area contributed by atoms with Crippen molar-refractivity contribution >= 4 is 29.9 Å². The number of likely N-dealkylation sites (tertiary alicyclic amines) is 2. The fourth-order valence-electron chi connectivity index (χ4n) is 4.35. The monoisotopic (exact) mass is 450 g/mol. The van der Waals surface area contributed by atoms with E-state index >= 15 is 0 Å². The van der Waals surface area contributed by atoms with E-state index in [-0.39, 0.29) is 24.0 Å². The van der Waals surface area contributed by atoms with Gasteiger partial charge in [-0.25, -0.2) is 0 Å². The van der Waals surface area contributed by atoms with E-state index in [2.05, 4.69) is 40.9 Å². The van der Waals surface area contributed by atoms with Gasteiger partial charge in [-0.05, 0) is 56.4 Å². The molecule has 0 bridgehead atoms. The molecule has 4 nitrogen and oxygen atoms in total. The number of guanidine groups is 1. The minimum atomic E-state index is 0. The van der Waals surface area contributed by atoms with Crippen molar-refractivity contribution < 1.29 is 0 Å². The number of rotatable bonds is 5. The molecular formula is C19H39IN4. The largest absolute Gasteiger partial charge is 0.356 e. The summed E-state index contributed by atoms with van der Waals surface area (Å²) >= 11 is 0. The van der Waals surface area contributed by atoms with Gasteiger partial charge in [-0.15, -0.1) is 24.0 Å². The third-order valence-electron chi connectivity index (χ3n) is 5.30. The SMILES string of the molecule is CN=C(NCCCCN1CC(C)CC(C)C1)N1CCCC(C)C1.I. The predicted octanol–water partition coefficient (Wildman–Crippen LogP) is 3.67. The zero-order chi connectivity index (χ0) is 16.7. The Bertz CT molecular complexity index is 364. The number of hydrogen-bond donors (Lipinski definition) is 1. The molecule has 3 unspecified atom stereocenters. The summed E-state index contributed by atoms with van der Waals surface area (Å²) < 4.78 is 0. The van der Waals surface area contributed by atoms with E-state index in [1.54, 1.807) is 0 Å². The topological polar surface area (TPSA) is 30.9 Å². The van der Waals surface area contributed by atoms with Crippen LogP contribution >= 0.6 is 24.0 Å². The van der Waals surface area contributed by atoms with Gasteiger partial charge in [0, 0.05) is 39.8 Å². The van der Waals surface area contributed by atoms with Gasteiger partial charge in [-0.3, -0.25) is 4.99 Å². The minimum Gasteiger partial charge on any atom is -0.356 e. The highest BCUT2D eigenvalue weighted by Gasteiger charge is 2.21. The van der Waals surface area contributed by atoms with Crippen molar-refractivity contribution in [3.05, 3.63) is 0 Å². The fourth-order valence-corrected chi connectivity index (χ4v) is 4.35. The molecule has 2 heterocycles. The lowest BCUT2D eigenvalue weighted by molar-refractivity contribution is 0.139. The third-order valence-corrected chi connectivity index (χ3v) is 5.30. The van der Waals surface area contributed by atoms with Crippen LogP contribution in [-0.4, -0.2) is 62.1 Å². The maximum absolute atomic E-state index is 4.47. The van der Waals surface area contributed by atoms with E-state index in [1.807, 2.05) is 7.05 Å². The van der Waals surface area contributed by atoms with Crippen LogP contribution in [0.4, 0.5) is 0 Å². The second kappa shape index (κ2) is 11.6. The van der Waals surface area contributed by atoms with Crippen molar-refractivity contribution in [1.29, 1.82) is 0 Å². The first kappa shape index (κ1) is 22.0. The highest BCUT2D eigenvalue weighted by atomic mass is 127. The molecule has 2 rings (SSSR count). The van der Waals surface area contributed by atoms with Crippen LogP contribution in [-0.2, 0) is 0 Å². The van der Waals surface area contributed by atoms with E-state index in [0.717, 1.165) is 43.3 Å². The zero-order valence-electron chi connectivity index (χ0n) is 16.3. The number of nitrogens with zero attached hydrogens (tertiary/aromatic N) is 3. The Kier molecular flexibility index (Phi) is 10.6. The molecule has 0 aromatic carbocycles. The summed E-state index contributed by atoms with van der Waals surface area (Å²) in [4.78, 5) is 9.57. The number of nitrogens with one attached hydrogen (secondary N) is 1. The number of aliphatic imine (C=N–C) groups is 1. The molecule has 0 aliphatic carbocycles. The highest BCUT2D eigenvalue weighted by Crippen LogP contribution is 2.21. The van der Waals surface area contributed by atoms with Crippen molar-refractivity contribution in [3.8, 4) is 0 Å². The molecule has 24 heavy (non-hydrogen) atoms. The Morgan fingerprint density at radius 2 is 1.75 bits per heavy atom. The second-order valence-electron chi connectivity index (χ2n) is 8.08. The molecule has 0 saturated carbocycles. The maximum atomic E-state index is 4.47. The Labute approximate surface area is 166 Å². The van der Waals surface area contributed by atoms with Crippen molar-refractivity contribution in [2.45, 2.75) is 52.9 Å². The van der Waals surface area contributed by atoms with Crippen molar-refractivity contribution in [2.24, 2.45) is 22.7 Å². The summed E-state index contributed by atoms with van der Waals surface area (Å²) in [5.41, 5.74) is 0. The molecule has 142 valence electrons.